The summed E-state index contributed by atoms with van der Waals surface area (Å²) in [5.74, 6) is -1.21. The normalized spacial score (nSPS) is 18.8. The lowest BCUT2D eigenvalue weighted by atomic mass is 9.99. The van der Waals surface area contributed by atoms with E-state index in [1.54, 1.807) is 6.08 Å². The molecule has 508 valence electrons. The maximum absolute atomic E-state index is 13.5. The van der Waals surface area contributed by atoms with Gasteiger partial charge in [0.15, 0.2) is 12.4 Å². The van der Waals surface area contributed by atoms with E-state index in [1.165, 1.54) is 173 Å². The Morgan fingerprint density at radius 2 is 0.784 bits per heavy atom. The molecule has 0 aliphatic carbocycles. The fourth-order valence-electron chi connectivity index (χ4n) is 10.9. The highest BCUT2D eigenvalue weighted by Crippen LogP contribution is 2.26. The Balaban J connectivity index is 2.56. The van der Waals surface area contributed by atoms with Crippen LogP contribution in [-0.4, -0.2) is 99.6 Å². The van der Waals surface area contributed by atoms with Gasteiger partial charge in [-0.15, -0.1) is 0 Å². The summed E-state index contributed by atoms with van der Waals surface area (Å²) >= 11 is 0. The molecule has 0 aromatic carbocycles. The Labute approximate surface area is 539 Å². The first-order valence-corrected chi connectivity index (χ1v) is 36.5. The molecule has 1 heterocycles. The molecule has 1 aliphatic rings. The second kappa shape index (κ2) is 63.7. The molecule has 0 aromatic rings. The molecule has 88 heavy (non-hydrogen) atoms. The Morgan fingerprint density at radius 1 is 0.443 bits per heavy atom. The predicted molar refractivity (Wildman–Crippen MR) is 370 cm³/mol. The Bertz CT molecular complexity index is 1800. The smallest absolute Gasteiger partial charge is 0.306 e. The van der Waals surface area contributed by atoms with Gasteiger partial charge >= 0.3 is 5.97 Å². The number of unbranched alkanes of at least 4 members (excludes halogenated alkanes) is 34. The molecule has 0 spiro atoms. The lowest BCUT2D eigenvalue weighted by Gasteiger charge is -2.41. The Hall–Kier alpha value is -3.42. The zero-order valence-corrected chi connectivity index (χ0v) is 56.6. The highest BCUT2D eigenvalue weighted by atomic mass is 16.7. The van der Waals surface area contributed by atoms with Gasteiger partial charge in [-0.3, -0.25) is 9.59 Å². The van der Waals surface area contributed by atoms with Crippen molar-refractivity contribution in [3.63, 3.8) is 0 Å². The van der Waals surface area contributed by atoms with Crippen molar-refractivity contribution in [2.24, 2.45) is 0 Å². The fourth-order valence-corrected chi connectivity index (χ4v) is 10.9. The van der Waals surface area contributed by atoms with Gasteiger partial charge in [-0.05, 0) is 109 Å². The predicted octanol–water partition coefficient (Wildman–Crippen LogP) is 19.0. The molecular formula is C77H135NO10. The summed E-state index contributed by atoms with van der Waals surface area (Å²) in [5, 5.41) is 57.3. The molecule has 8 atom stereocenters. The number of ether oxygens (including phenoxy) is 3. The molecule has 1 fully saturated rings. The van der Waals surface area contributed by atoms with Crippen LogP contribution in [-0.2, 0) is 23.8 Å². The average molecular weight is 1230 g/mol. The minimum atomic E-state index is -1.62. The van der Waals surface area contributed by atoms with Gasteiger partial charge in [-0.2, -0.15) is 0 Å². The van der Waals surface area contributed by atoms with Gasteiger partial charge in [0, 0.05) is 6.42 Å². The number of aliphatic hydroxyl groups excluding tert-OH is 5. The van der Waals surface area contributed by atoms with E-state index in [9.17, 15) is 35.1 Å². The van der Waals surface area contributed by atoms with Crippen LogP contribution in [0.3, 0.4) is 0 Å². The van der Waals surface area contributed by atoms with E-state index in [4.69, 9.17) is 14.2 Å². The molecular weight excluding hydrogens is 1100 g/mol. The third-order valence-electron chi connectivity index (χ3n) is 16.7. The van der Waals surface area contributed by atoms with Crippen LogP contribution in [0.25, 0.3) is 0 Å². The molecule has 1 rings (SSSR count). The molecule has 6 N–H and O–H groups in total. The summed E-state index contributed by atoms with van der Waals surface area (Å²) in [6.07, 6.45) is 75.9. The van der Waals surface area contributed by atoms with E-state index < -0.39 is 67.4 Å². The first-order chi connectivity index (χ1) is 43.2. The topological polar surface area (TPSA) is 175 Å². The minimum Gasteiger partial charge on any atom is -0.454 e. The van der Waals surface area contributed by atoms with E-state index in [1.807, 2.05) is 6.08 Å². The Kier molecular flexibility index (Phi) is 59.8. The lowest BCUT2D eigenvalue weighted by Crippen LogP contribution is -2.61. The number of carbonyl (C=O) groups excluding carboxylic acids is 2. The van der Waals surface area contributed by atoms with Crippen LogP contribution in [0, 0.1) is 0 Å². The second-order valence-corrected chi connectivity index (χ2v) is 25.0. The standard InChI is InChI=1S/C77H135NO10/c1-4-7-10-13-16-19-22-25-27-29-31-33-34-35-36-37-38-39-41-43-45-47-50-53-56-59-62-65-72(82)88-75-74(84)73(83)71(66-79)87-77(75)86-67-68(69(80)63-60-57-54-51-48-24-21-18-15-12-9-6-3)78-76(85)70(81)64-61-58-55-52-49-46-44-42-40-32-30-28-26-23-20-17-14-11-8-5-2/h16-17,19-20,25-28,31-33,40,44,46,60,63,68-71,73-75,77,79-81,83-84H,4-15,18,21-24,29-30,34-39,41-43,45,47-59,61-62,64-67H2,1-3H3,(H,78,85)/b19-16-,20-17-,27-25-,28-26-,33-31-,40-32-,46-44-,63-60+. The van der Waals surface area contributed by atoms with Crippen molar-refractivity contribution in [2.45, 2.75) is 365 Å². The molecule has 0 radical (unpaired) electrons. The Morgan fingerprint density at radius 3 is 1.19 bits per heavy atom. The number of hydrogen-bond donors (Lipinski definition) is 6. The summed E-state index contributed by atoms with van der Waals surface area (Å²) in [4.78, 5) is 26.7. The summed E-state index contributed by atoms with van der Waals surface area (Å²) in [6, 6.07) is -1.04. The van der Waals surface area contributed by atoms with Crippen molar-refractivity contribution >= 4 is 11.9 Å². The van der Waals surface area contributed by atoms with Crippen molar-refractivity contribution in [1.29, 1.82) is 0 Å². The molecule has 0 aromatic heterocycles. The number of amides is 1. The van der Waals surface area contributed by atoms with Crippen LogP contribution in [0.4, 0.5) is 0 Å². The van der Waals surface area contributed by atoms with Crippen LogP contribution in [0.5, 0.6) is 0 Å². The van der Waals surface area contributed by atoms with Gasteiger partial charge in [-0.1, -0.05) is 298 Å². The largest absolute Gasteiger partial charge is 0.454 e. The number of esters is 1. The highest BCUT2D eigenvalue weighted by Gasteiger charge is 2.47. The zero-order chi connectivity index (χ0) is 63.9. The molecule has 1 amide bonds. The van der Waals surface area contributed by atoms with E-state index in [-0.39, 0.29) is 19.4 Å². The van der Waals surface area contributed by atoms with E-state index in [0.29, 0.717) is 12.8 Å². The van der Waals surface area contributed by atoms with E-state index in [2.05, 4.69) is 111 Å². The van der Waals surface area contributed by atoms with E-state index in [0.717, 1.165) is 96.3 Å². The fraction of sp³-hybridized carbons (Fsp3) is 0.766. The molecule has 0 bridgehead atoms. The van der Waals surface area contributed by atoms with Crippen molar-refractivity contribution in [2.75, 3.05) is 13.2 Å². The molecule has 11 heteroatoms. The third-order valence-corrected chi connectivity index (χ3v) is 16.7. The van der Waals surface area contributed by atoms with E-state index >= 15 is 0 Å². The quantitative estimate of drug-likeness (QED) is 0.0195. The number of rotatable bonds is 62. The highest BCUT2D eigenvalue weighted by molar-refractivity contribution is 5.80. The molecule has 8 unspecified atom stereocenters. The number of aliphatic hydroxyl groups is 5. The van der Waals surface area contributed by atoms with Crippen LogP contribution in [0.1, 0.15) is 316 Å². The number of nitrogens with one attached hydrogen (secondary N) is 1. The average Bonchev–Trinajstić information content (AvgIpc) is 2.78. The summed E-state index contributed by atoms with van der Waals surface area (Å²) in [7, 11) is 0. The number of hydrogen-bond acceptors (Lipinski definition) is 10. The van der Waals surface area contributed by atoms with Gasteiger partial charge in [0.05, 0.1) is 25.4 Å². The monoisotopic (exact) mass is 1230 g/mol. The van der Waals surface area contributed by atoms with Crippen LogP contribution >= 0.6 is 0 Å². The first-order valence-electron chi connectivity index (χ1n) is 36.5. The van der Waals surface area contributed by atoms with Crippen molar-refractivity contribution in [3.8, 4) is 0 Å². The number of carbonyl (C=O) groups is 2. The van der Waals surface area contributed by atoms with Crippen molar-refractivity contribution < 1.29 is 49.3 Å². The van der Waals surface area contributed by atoms with Crippen LogP contribution < -0.4 is 5.32 Å². The van der Waals surface area contributed by atoms with Gasteiger partial charge in [0.1, 0.15) is 24.4 Å². The molecule has 11 nitrogen and oxygen atoms in total. The SMILES string of the molecule is CCCCC/C=C\C/C=C\C/C=C\C/C=C\CCCCCCC(O)C(=O)NC(COC1OC(CO)C(O)C(O)C1OC(=O)CCCCCCCCCCCCCCCC/C=C\C/C=C\C/C=C\CCCCC)C(O)/C=C/CCCCCCCCCCCC. The van der Waals surface area contributed by atoms with Gasteiger partial charge in [-0.25, -0.2) is 0 Å². The second-order valence-electron chi connectivity index (χ2n) is 25.0. The van der Waals surface area contributed by atoms with Gasteiger partial charge < -0.3 is 45.1 Å². The van der Waals surface area contributed by atoms with Gasteiger partial charge in [0.25, 0.3) is 0 Å². The molecule has 1 aliphatic heterocycles. The summed E-state index contributed by atoms with van der Waals surface area (Å²) in [6.45, 7) is 5.75. The van der Waals surface area contributed by atoms with Crippen molar-refractivity contribution in [3.05, 3.63) is 97.2 Å². The maximum Gasteiger partial charge on any atom is 0.306 e. The summed E-state index contributed by atoms with van der Waals surface area (Å²) < 4.78 is 17.7. The minimum absolute atomic E-state index is 0.117. The third kappa shape index (κ3) is 50.3. The van der Waals surface area contributed by atoms with Crippen LogP contribution in [0.2, 0.25) is 0 Å². The first kappa shape index (κ1) is 82.6. The molecule has 1 saturated heterocycles. The van der Waals surface area contributed by atoms with Crippen molar-refractivity contribution in [1.82, 2.24) is 5.32 Å². The number of allylic oxidation sites excluding steroid dienone is 15. The zero-order valence-electron chi connectivity index (χ0n) is 56.6. The summed E-state index contributed by atoms with van der Waals surface area (Å²) in [5.41, 5.74) is 0. The van der Waals surface area contributed by atoms with Gasteiger partial charge in [0.2, 0.25) is 5.91 Å². The van der Waals surface area contributed by atoms with Crippen LogP contribution in [0.15, 0.2) is 97.2 Å². The lowest BCUT2D eigenvalue weighted by molar-refractivity contribution is -0.305. The maximum atomic E-state index is 13.5. The molecule has 0 saturated carbocycles.